The average molecular weight is 430 g/mol. The van der Waals surface area contributed by atoms with Gasteiger partial charge in [0.05, 0.1) is 16.2 Å². The summed E-state index contributed by atoms with van der Waals surface area (Å²) in [6.07, 6.45) is 1.41. The minimum Gasteiger partial charge on any atom is -0.508 e. The van der Waals surface area contributed by atoms with Crippen LogP contribution in [0, 0.1) is 11.8 Å². The smallest absolute Gasteiger partial charge is 0.148 e. The zero-order chi connectivity index (χ0) is 21.8. The zero-order valence-corrected chi connectivity index (χ0v) is 17.6. The number of anilines is 3. The third-order valence-electron chi connectivity index (χ3n) is 4.78. The van der Waals surface area contributed by atoms with E-state index in [2.05, 4.69) is 21.8 Å². The number of halogens is 1. The van der Waals surface area contributed by atoms with Crippen LogP contribution in [-0.4, -0.2) is 26.3 Å². The molecule has 2 N–H and O–H groups in total. The number of para-hydroxylation sites is 1. The number of aromatic hydroxyl groups is 1. The largest absolute Gasteiger partial charge is 0.508 e. The molecule has 5 nitrogen and oxygen atoms in total. The minimum absolute atomic E-state index is 0.0846. The number of rotatable bonds is 4. The summed E-state index contributed by atoms with van der Waals surface area (Å²) in [7, 11) is 0. The summed E-state index contributed by atoms with van der Waals surface area (Å²) in [5.41, 5.74) is 3.03. The summed E-state index contributed by atoms with van der Waals surface area (Å²) >= 11 is 6.51. The number of phenolic OH excluding ortho intramolecular Hbond substituents is 1. The predicted molar refractivity (Wildman–Crippen MR) is 124 cm³/mol. The van der Waals surface area contributed by atoms with Gasteiger partial charge in [0.2, 0.25) is 0 Å². The maximum Gasteiger partial charge on any atom is 0.148 e. The molecular formula is C25H20ClN3O2. The first kappa shape index (κ1) is 20.7. The number of fused-ring (bicyclic) bond motifs is 1. The number of benzene rings is 3. The van der Waals surface area contributed by atoms with Gasteiger partial charge in [-0.15, -0.1) is 0 Å². The standard InChI is InChI=1S/C25H20ClN3O2/c1-2-19(30)10-8-17-9-12-23-21(14-17)25(28-16-27-23)29(18-6-4-3-5-7-18)24-13-11-20(31)15-22(24)26/h3-7,9,11-16,19,30-31H,2H2,1H3. The van der Waals surface area contributed by atoms with Crippen LogP contribution in [0.25, 0.3) is 10.9 Å². The van der Waals surface area contributed by atoms with Crippen molar-refractivity contribution in [2.75, 3.05) is 4.90 Å². The van der Waals surface area contributed by atoms with Gasteiger partial charge in [0.1, 0.15) is 24.0 Å². The summed E-state index contributed by atoms with van der Waals surface area (Å²) in [5, 5.41) is 20.8. The number of hydrogen-bond donors (Lipinski definition) is 2. The summed E-state index contributed by atoms with van der Waals surface area (Å²) in [5.74, 6) is 6.57. The van der Waals surface area contributed by atoms with Gasteiger partial charge in [-0.1, -0.05) is 48.6 Å². The van der Waals surface area contributed by atoms with Crippen molar-refractivity contribution in [2.24, 2.45) is 0 Å². The van der Waals surface area contributed by atoms with Crippen LogP contribution in [0.1, 0.15) is 18.9 Å². The maximum atomic E-state index is 9.83. The highest BCUT2D eigenvalue weighted by Gasteiger charge is 2.19. The molecule has 0 fully saturated rings. The van der Waals surface area contributed by atoms with Gasteiger partial charge < -0.3 is 10.2 Å². The van der Waals surface area contributed by atoms with Crippen molar-refractivity contribution in [3.05, 3.63) is 83.6 Å². The van der Waals surface area contributed by atoms with Crippen molar-refractivity contribution in [3.63, 3.8) is 0 Å². The molecule has 0 radical (unpaired) electrons. The average Bonchev–Trinajstić information content (AvgIpc) is 2.79. The summed E-state index contributed by atoms with van der Waals surface area (Å²) < 4.78 is 0. The molecular weight excluding hydrogens is 410 g/mol. The molecule has 0 bridgehead atoms. The second-order valence-electron chi connectivity index (χ2n) is 6.93. The van der Waals surface area contributed by atoms with E-state index in [0.717, 1.165) is 22.2 Å². The van der Waals surface area contributed by atoms with Crippen LogP contribution in [0.15, 0.2) is 73.1 Å². The molecule has 154 valence electrons. The van der Waals surface area contributed by atoms with Crippen LogP contribution in [0.5, 0.6) is 5.75 Å². The van der Waals surface area contributed by atoms with E-state index in [4.69, 9.17) is 11.6 Å². The molecule has 1 heterocycles. The van der Waals surface area contributed by atoms with Gasteiger partial charge in [-0.25, -0.2) is 9.97 Å². The van der Waals surface area contributed by atoms with Crippen LogP contribution in [0.2, 0.25) is 5.02 Å². The third-order valence-corrected chi connectivity index (χ3v) is 5.09. The van der Waals surface area contributed by atoms with Crippen LogP contribution in [0.3, 0.4) is 0 Å². The van der Waals surface area contributed by atoms with Gasteiger partial charge in [-0.3, -0.25) is 4.90 Å². The normalized spacial score (nSPS) is 11.6. The number of phenols is 1. The van der Waals surface area contributed by atoms with Crippen LogP contribution < -0.4 is 4.90 Å². The third kappa shape index (κ3) is 4.46. The molecule has 6 heteroatoms. The van der Waals surface area contributed by atoms with Crippen molar-refractivity contribution >= 4 is 39.7 Å². The number of hydrogen-bond acceptors (Lipinski definition) is 5. The molecule has 0 saturated heterocycles. The van der Waals surface area contributed by atoms with Gasteiger partial charge in [0.25, 0.3) is 0 Å². The van der Waals surface area contributed by atoms with E-state index in [1.807, 2.05) is 60.4 Å². The molecule has 0 saturated carbocycles. The molecule has 0 aliphatic heterocycles. The van der Waals surface area contributed by atoms with Gasteiger partial charge in [0.15, 0.2) is 0 Å². The Balaban J connectivity index is 1.94. The Hall–Kier alpha value is -3.59. The first-order valence-electron chi connectivity index (χ1n) is 9.85. The highest BCUT2D eigenvalue weighted by Crippen LogP contribution is 2.41. The fourth-order valence-electron chi connectivity index (χ4n) is 3.20. The monoisotopic (exact) mass is 429 g/mol. The highest BCUT2D eigenvalue weighted by atomic mass is 35.5. The Morgan fingerprint density at radius 1 is 1.03 bits per heavy atom. The Kier molecular flexibility index (Phi) is 6.03. The lowest BCUT2D eigenvalue weighted by Crippen LogP contribution is -2.13. The van der Waals surface area contributed by atoms with Crippen molar-refractivity contribution in [3.8, 4) is 17.6 Å². The van der Waals surface area contributed by atoms with Crippen molar-refractivity contribution in [1.29, 1.82) is 0 Å². The van der Waals surface area contributed by atoms with E-state index in [0.29, 0.717) is 22.9 Å². The molecule has 0 aliphatic rings. The van der Waals surface area contributed by atoms with Crippen LogP contribution >= 0.6 is 11.6 Å². The van der Waals surface area contributed by atoms with Crippen molar-refractivity contribution in [1.82, 2.24) is 9.97 Å². The molecule has 1 unspecified atom stereocenters. The molecule has 4 rings (SSSR count). The summed E-state index contributed by atoms with van der Waals surface area (Å²) in [4.78, 5) is 10.9. The van der Waals surface area contributed by atoms with Gasteiger partial charge >= 0.3 is 0 Å². The van der Waals surface area contributed by atoms with E-state index in [1.165, 1.54) is 12.4 Å². The number of aliphatic hydroxyl groups excluding tert-OH is 1. The molecule has 31 heavy (non-hydrogen) atoms. The topological polar surface area (TPSA) is 69.5 Å². The van der Waals surface area contributed by atoms with Gasteiger partial charge in [-0.2, -0.15) is 0 Å². The molecule has 4 aromatic rings. The van der Waals surface area contributed by atoms with Crippen LogP contribution in [-0.2, 0) is 0 Å². The van der Waals surface area contributed by atoms with E-state index in [-0.39, 0.29) is 5.75 Å². The first-order chi connectivity index (χ1) is 15.1. The molecule has 3 aromatic carbocycles. The Bertz CT molecular complexity index is 1280. The molecule has 1 aromatic heterocycles. The zero-order valence-electron chi connectivity index (χ0n) is 16.8. The van der Waals surface area contributed by atoms with Gasteiger partial charge in [0, 0.05) is 22.7 Å². The second-order valence-corrected chi connectivity index (χ2v) is 7.34. The van der Waals surface area contributed by atoms with E-state index < -0.39 is 6.10 Å². The predicted octanol–water partition coefficient (Wildman–Crippen LogP) is 5.58. The molecule has 1 atom stereocenters. The molecule has 0 amide bonds. The van der Waals surface area contributed by atoms with Gasteiger partial charge in [-0.05, 0) is 48.9 Å². The second kappa shape index (κ2) is 9.05. The lowest BCUT2D eigenvalue weighted by atomic mass is 10.1. The van der Waals surface area contributed by atoms with Crippen molar-refractivity contribution < 1.29 is 10.2 Å². The molecule has 0 aliphatic carbocycles. The lowest BCUT2D eigenvalue weighted by Gasteiger charge is -2.26. The fraction of sp³-hybridized carbons (Fsp3) is 0.120. The quantitative estimate of drug-likeness (QED) is 0.414. The Morgan fingerprint density at radius 2 is 1.84 bits per heavy atom. The summed E-state index contributed by atoms with van der Waals surface area (Å²) in [6, 6.07) is 20.2. The lowest BCUT2D eigenvalue weighted by molar-refractivity contribution is 0.228. The Labute approximate surface area is 185 Å². The first-order valence-corrected chi connectivity index (χ1v) is 10.2. The van der Waals surface area contributed by atoms with E-state index >= 15 is 0 Å². The maximum absolute atomic E-state index is 9.83. The SMILES string of the molecule is CCC(O)C#Cc1ccc2ncnc(N(c3ccccc3)c3ccc(O)cc3Cl)c2c1. The van der Waals surface area contributed by atoms with E-state index in [1.54, 1.807) is 12.1 Å². The van der Waals surface area contributed by atoms with E-state index in [9.17, 15) is 10.2 Å². The number of nitrogens with zero attached hydrogens (tertiary/aromatic N) is 3. The fourth-order valence-corrected chi connectivity index (χ4v) is 3.46. The molecule has 0 spiro atoms. The summed E-state index contributed by atoms with van der Waals surface area (Å²) in [6.45, 7) is 1.88. The minimum atomic E-state index is -0.668. The van der Waals surface area contributed by atoms with Crippen LogP contribution in [0.4, 0.5) is 17.2 Å². The number of aliphatic hydroxyl groups is 1. The highest BCUT2D eigenvalue weighted by molar-refractivity contribution is 6.33. The number of aromatic nitrogens is 2. The Morgan fingerprint density at radius 3 is 2.58 bits per heavy atom. The van der Waals surface area contributed by atoms with Crippen molar-refractivity contribution in [2.45, 2.75) is 19.4 Å².